The quantitative estimate of drug-likeness (QED) is 0.635. The summed E-state index contributed by atoms with van der Waals surface area (Å²) in [7, 11) is 0. The first kappa shape index (κ1) is 22.1. The number of carboxylic acids is 1. The van der Waals surface area contributed by atoms with E-state index in [1.165, 1.54) is 31.2 Å². The van der Waals surface area contributed by atoms with Gasteiger partial charge in [0, 0.05) is 6.42 Å². The van der Waals surface area contributed by atoms with E-state index in [1.807, 2.05) is 0 Å². The molecule has 0 bridgehead atoms. The molecule has 29 heavy (non-hydrogen) atoms. The monoisotopic (exact) mass is 401 g/mol. The van der Waals surface area contributed by atoms with Crippen molar-refractivity contribution in [3.63, 3.8) is 0 Å². The van der Waals surface area contributed by atoms with E-state index in [4.69, 9.17) is 9.84 Å². The van der Waals surface area contributed by atoms with Crippen molar-refractivity contribution in [3.8, 4) is 5.75 Å². The molecular weight excluding hydrogens is 362 g/mol. The van der Waals surface area contributed by atoms with Crippen LogP contribution in [0.25, 0.3) is 0 Å². The summed E-state index contributed by atoms with van der Waals surface area (Å²) in [5.41, 5.74) is 1.83. The molecule has 162 valence electrons. The zero-order chi connectivity index (χ0) is 20.9. The van der Waals surface area contributed by atoms with Gasteiger partial charge in [-0.3, -0.25) is 4.79 Å². The minimum atomic E-state index is -0.690. The van der Waals surface area contributed by atoms with Crippen molar-refractivity contribution in [1.29, 1.82) is 0 Å². The predicted molar refractivity (Wildman–Crippen MR) is 118 cm³/mol. The molecule has 0 amide bonds. The Morgan fingerprint density at radius 1 is 1.03 bits per heavy atom. The molecule has 3 rings (SSSR count). The van der Waals surface area contributed by atoms with Gasteiger partial charge in [0.15, 0.2) is 0 Å². The first-order valence-electron chi connectivity index (χ1n) is 11.5. The van der Waals surface area contributed by atoms with Gasteiger partial charge in [0.1, 0.15) is 5.75 Å². The SMILES string of the molecule is CC(C)(C)C1CCC(Oc2ccc(C3CCN(CCCC(=O)O)CC3)cc2)CC1. The van der Waals surface area contributed by atoms with Crippen molar-refractivity contribution in [2.45, 2.75) is 84.2 Å². The van der Waals surface area contributed by atoms with Gasteiger partial charge in [0.25, 0.3) is 0 Å². The Kier molecular flexibility index (Phi) is 7.61. The molecular formula is C25H39NO3. The van der Waals surface area contributed by atoms with E-state index in [9.17, 15) is 4.79 Å². The fourth-order valence-electron chi connectivity index (χ4n) is 5.00. The van der Waals surface area contributed by atoms with Crippen molar-refractivity contribution < 1.29 is 14.6 Å². The molecule has 0 spiro atoms. The van der Waals surface area contributed by atoms with E-state index in [2.05, 4.69) is 49.9 Å². The van der Waals surface area contributed by atoms with Gasteiger partial charge in [0.05, 0.1) is 6.10 Å². The average Bonchev–Trinajstić information content (AvgIpc) is 2.69. The molecule has 0 atom stereocenters. The topological polar surface area (TPSA) is 49.8 Å². The van der Waals surface area contributed by atoms with Crippen LogP contribution in [-0.4, -0.2) is 41.7 Å². The Morgan fingerprint density at radius 3 is 2.21 bits per heavy atom. The second kappa shape index (κ2) is 9.97. The Morgan fingerprint density at radius 2 is 1.66 bits per heavy atom. The highest BCUT2D eigenvalue weighted by Crippen LogP contribution is 2.39. The molecule has 4 heteroatoms. The molecule has 1 heterocycles. The summed E-state index contributed by atoms with van der Waals surface area (Å²) in [5, 5.41) is 8.77. The molecule has 1 N–H and O–H groups in total. The Labute approximate surface area is 176 Å². The highest BCUT2D eigenvalue weighted by Gasteiger charge is 2.30. The maximum atomic E-state index is 10.7. The van der Waals surface area contributed by atoms with Crippen LogP contribution in [-0.2, 0) is 4.79 Å². The number of piperidine rings is 1. The molecule has 2 fully saturated rings. The summed E-state index contributed by atoms with van der Waals surface area (Å²) in [6.07, 6.45) is 8.60. The fourth-order valence-corrected chi connectivity index (χ4v) is 5.00. The van der Waals surface area contributed by atoms with Crippen molar-refractivity contribution in [2.24, 2.45) is 11.3 Å². The third-order valence-corrected chi connectivity index (χ3v) is 7.01. The number of carbonyl (C=O) groups is 1. The molecule has 1 aliphatic heterocycles. The van der Waals surface area contributed by atoms with E-state index in [-0.39, 0.29) is 6.42 Å². The third-order valence-electron chi connectivity index (χ3n) is 7.01. The second-order valence-corrected chi connectivity index (χ2v) is 10.1. The van der Waals surface area contributed by atoms with Crippen molar-refractivity contribution in [1.82, 2.24) is 4.90 Å². The maximum Gasteiger partial charge on any atom is 0.303 e. The lowest BCUT2D eigenvalue weighted by Crippen LogP contribution is -2.33. The number of rotatable bonds is 7. The van der Waals surface area contributed by atoms with Crippen LogP contribution in [0.1, 0.15) is 83.6 Å². The molecule has 1 aromatic rings. The molecule has 0 aromatic heterocycles. The van der Waals surface area contributed by atoms with E-state index in [1.54, 1.807) is 0 Å². The summed E-state index contributed by atoms with van der Waals surface area (Å²) < 4.78 is 6.28. The molecule has 1 saturated carbocycles. The molecule has 1 aliphatic carbocycles. The summed E-state index contributed by atoms with van der Waals surface area (Å²) in [6, 6.07) is 8.82. The van der Waals surface area contributed by atoms with Gasteiger partial charge in [-0.1, -0.05) is 32.9 Å². The van der Waals surface area contributed by atoms with Crippen LogP contribution in [0.4, 0.5) is 0 Å². The first-order valence-corrected chi connectivity index (χ1v) is 11.5. The summed E-state index contributed by atoms with van der Waals surface area (Å²) >= 11 is 0. The van der Waals surface area contributed by atoms with E-state index in [0.717, 1.165) is 50.6 Å². The molecule has 0 unspecified atom stereocenters. The molecule has 1 saturated heterocycles. The third kappa shape index (κ3) is 6.74. The average molecular weight is 402 g/mol. The minimum absolute atomic E-state index is 0.277. The van der Waals surface area contributed by atoms with Crippen LogP contribution in [0.3, 0.4) is 0 Å². The van der Waals surface area contributed by atoms with Gasteiger partial charge in [0.2, 0.25) is 0 Å². The van der Waals surface area contributed by atoms with E-state index < -0.39 is 5.97 Å². The number of carboxylic acid groups (broad SMARTS) is 1. The highest BCUT2D eigenvalue weighted by atomic mass is 16.5. The Bertz CT molecular complexity index is 633. The number of hydrogen-bond acceptors (Lipinski definition) is 3. The second-order valence-electron chi connectivity index (χ2n) is 10.1. The molecule has 2 aliphatic rings. The number of ether oxygens (including phenoxy) is 1. The normalized spacial score (nSPS) is 24.4. The predicted octanol–water partition coefficient (Wildman–Crippen LogP) is 5.71. The smallest absolute Gasteiger partial charge is 0.303 e. The molecule has 1 aromatic carbocycles. The first-order chi connectivity index (χ1) is 13.8. The van der Waals surface area contributed by atoms with Crippen molar-refractivity contribution in [3.05, 3.63) is 29.8 Å². The van der Waals surface area contributed by atoms with Crippen molar-refractivity contribution in [2.75, 3.05) is 19.6 Å². The van der Waals surface area contributed by atoms with Crippen LogP contribution in [0, 0.1) is 11.3 Å². The number of benzene rings is 1. The number of likely N-dealkylation sites (tertiary alicyclic amines) is 1. The fraction of sp³-hybridized carbons (Fsp3) is 0.720. The lowest BCUT2D eigenvalue weighted by Gasteiger charge is -2.37. The Balaban J connectivity index is 1.41. The zero-order valence-corrected chi connectivity index (χ0v) is 18.5. The van der Waals surface area contributed by atoms with Crippen LogP contribution in [0.15, 0.2) is 24.3 Å². The molecule has 4 nitrogen and oxygen atoms in total. The van der Waals surface area contributed by atoms with Gasteiger partial charge in [-0.15, -0.1) is 0 Å². The molecule has 0 radical (unpaired) electrons. The number of hydrogen-bond donors (Lipinski definition) is 1. The largest absolute Gasteiger partial charge is 0.490 e. The zero-order valence-electron chi connectivity index (χ0n) is 18.5. The van der Waals surface area contributed by atoms with Crippen LogP contribution >= 0.6 is 0 Å². The van der Waals surface area contributed by atoms with Crippen molar-refractivity contribution >= 4 is 5.97 Å². The summed E-state index contributed by atoms with van der Waals surface area (Å²) in [5.74, 6) is 1.75. The summed E-state index contributed by atoms with van der Waals surface area (Å²) in [6.45, 7) is 10.1. The van der Waals surface area contributed by atoms with Crippen LogP contribution < -0.4 is 4.74 Å². The van der Waals surface area contributed by atoms with Gasteiger partial charge >= 0.3 is 5.97 Å². The van der Waals surface area contributed by atoms with Gasteiger partial charge in [-0.05, 0) is 99.5 Å². The van der Waals surface area contributed by atoms with Crippen LogP contribution in [0.2, 0.25) is 0 Å². The van der Waals surface area contributed by atoms with Gasteiger partial charge in [-0.25, -0.2) is 0 Å². The van der Waals surface area contributed by atoms with E-state index >= 15 is 0 Å². The summed E-state index contributed by atoms with van der Waals surface area (Å²) in [4.78, 5) is 13.1. The Hall–Kier alpha value is -1.55. The number of aliphatic carboxylic acids is 1. The number of nitrogens with zero attached hydrogens (tertiary/aromatic N) is 1. The lowest BCUT2D eigenvalue weighted by molar-refractivity contribution is -0.137. The van der Waals surface area contributed by atoms with Gasteiger partial charge in [-0.2, -0.15) is 0 Å². The van der Waals surface area contributed by atoms with Gasteiger partial charge < -0.3 is 14.7 Å². The standard InChI is InChI=1S/C25H39NO3/c1-25(2,3)21-8-12-23(13-9-21)29-22-10-6-19(7-11-22)20-14-17-26(18-15-20)16-4-5-24(27)28/h6-7,10-11,20-21,23H,4-5,8-9,12-18H2,1-3H3,(H,27,28). The van der Waals surface area contributed by atoms with E-state index in [0.29, 0.717) is 17.4 Å². The highest BCUT2D eigenvalue weighted by molar-refractivity contribution is 5.66. The maximum absolute atomic E-state index is 10.7. The lowest BCUT2D eigenvalue weighted by atomic mass is 9.72. The minimum Gasteiger partial charge on any atom is -0.490 e. The van der Waals surface area contributed by atoms with Crippen LogP contribution in [0.5, 0.6) is 5.75 Å².